The van der Waals surface area contributed by atoms with Crippen molar-refractivity contribution in [2.24, 2.45) is 0 Å². The van der Waals surface area contributed by atoms with Crippen LogP contribution in [0.15, 0.2) is 0 Å². The van der Waals surface area contributed by atoms with Crippen molar-refractivity contribution < 1.29 is 14.7 Å². The number of amides is 2. The summed E-state index contributed by atoms with van der Waals surface area (Å²) in [5, 5.41) is 22.2. The summed E-state index contributed by atoms with van der Waals surface area (Å²) in [6, 6.07) is 1.67. The molecule has 0 aromatic rings. The molecule has 0 heterocycles. The summed E-state index contributed by atoms with van der Waals surface area (Å²) in [5.74, 6) is -1.50. The van der Waals surface area contributed by atoms with E-state index in [0.717, 1.165) is 0 Å². The Bertz CT molecular complexity index is 303. The van der Waals surface area contributed by atoms with Crippen LogP contribution in [0, 0.1) is 11.3 Å². The first-order chi connectivity index (χ1) is 7.63. The molecule has 1 fully saturated rings. The summed E-state index contributed by atoms with van der Waals surface area (Å²) < 4.78 is 0. The molecular weight excluding hydrogens is 210 g/mol. The molecule has 0 saturated heterocycles. The zero-order chi connectivity index (χ0) is 12.0. The van der Waals surface area contributed by atoms with Gasteiger partial charge >= 0.3 is 11.8 Å². The average molecular weight is 225 g/mol. The van der Waals surface area contributed by atoms with Crippen molar-refractivity contribution in [2.75, 3.05) is 6.54 Å². The number of carbonyl (C=O) groups excluding carboxylic acids is 2. The molecule has 6 nitrogen and oxygen atoms in total. The minimum Gasteiger partial charge on any atom is -0.393 e. The topological polar surface area (TPSA) is 102 Å². The SMILES string of the molecule is N#CCNC(=O)C(=O)NC1CCC(O)CC1. The Kier molecular flexibility index (Phi) is 4.73. The maximum absolute atomic E-state index is 11.3. The van der Waals surface area contributed by atoms with Gasteiger partial charge in [-0.05, 0) is 25.7 Å². The average Bonchev–Trinajstić information content (AvgIpc) is 2.29. The van der Waals surface area contributed by atoms with Crippen molar-refractivity contribution in [3.8, 4) is 6.07 Å². The minimum atomic E-state index is -0.785. The van der Waals surface area contributed by atoms with E-state index in [9.17, 15) is 14.7 Å². The Morgan fingerprint density at radius 1 is 1.25 bits per heavy atom. The van der Waals surface area contributed by atoms with Gasteiger partial charge in [-0.15, -0.1) is 0 Å². The van der Waals surface area contributed by atoms with Gasteiger partial charge in [-0.25, -0.2) is 0 Å². The molecule has 0 bridgehead atoms. The molecule has 1 saturated carbocycles. The number of hydrogen-bond donors (Lipinski definition) is 3. The van der Waals surface area contributed by atoms with Gasteiger partial charge in [0.25, 0.3) is 0 Å². The van der Waals surface area contributed by atoms with Crippen LogP contribution in [-0.4, -0.2) is 35.6 Å². The van der Waals surface area contributed by atoms with E-state index in [2.05, 4.69) is 10.6 Å². The van der Waals surface area contributed by atoms with Crippen LogP contribution < -0.4 is 10.6 Å². The Morgan fingerprint density at radius 2 is 1.88 bits per heavy atom. The third-order valence-electron chi connectivity index (χ3n) is 2.57. The molecule has 3 N–H and O–H groups in total. The van der Waals surface area contributed by atoms with Gasteiger partial charge in [-0.3, -0.25) is 9.59 Å². The summed E-state index contributed by atoms with van der Waals surface area (Å²) in [6.07, 6.45) is 2.35. The predicted octanol–water partition coefficient (Wildman–Crippen LogP) is -0.954. The first-order valence-electron chi connectivity index (χ1n) is 5.27. The molecule has 0 spiro atoms. The standard InChI is InChI=1S/C10H15N3O3/c11-5-6-12-9(15)10(16)13-7-1-3-8(14)4-2-7/h7-8,14H,1-4,6H2,(H,12,15)(H,13,16). The zero-order valence-corrected chi connectivity index (χ0v) is 8.90. The Hall–Kier alpha value is -1.61. The molecule has 0 atom stereocenters. The smallest absolute Gasteiger partial charge is 0.310 e. The van der Waals surface area contributed by atoms with Crippen molar-refractivity contribution in [3.63, 3.8) is 0 Å². The molecule has 0 aromatic heterocycles. The molecule has 2 amide bonds. The molecule has 6 heteroatoms. The molecule has 0 aromatic carbocycles. The van der Waals surface area contributed by atoms with Gasteiger partial charge in [0, 0.05) is 6.04 Å². The lowest BCUT2D eigenvalue weighted by molar-refractivity contribution is -0.139. The summed E-state index contributed by atoms with van der Waals surface area (Å²) in [7, 11) is 0. The number of rotatable bonds is 2. The molecule has 16 heavy (non-hydrogen) atoms. The third kappa shape index (κ3) is 3.87. The number of aliphatic hydroxyl groups excluding tert-OH is 1. The van der Waals surface area contributed by atoms with Gasteiger partial charge in [0.15, 0.2) is 0 Å². The van der Waals surface area contributed by atoms with Gasteiger partial charge in [-0.1, -0.05) is 0 Å². The number of carbonyl (C=O) groups is 2. The first kappa shape index (κ1) is 12.5. The molecule has 1 aliphatic carbocycles. The van der Waals surface area contributed by atoms with E-state index in [0.29, 0.717) is 25.7 Å². The highest BCUT2D eigenvalue weighted by molar-refractivity contribution is 6.35. The fourth-order valence-electron chi connectivity index (χ4n) is 1.67. The maximum atomic E-state index is 11.3. The van der Waals surface area contributed by atoms with E-state index >= 15 is 0 Å². The van der Waals surface area contributed by atoms with Crippen molar-refractivity contribution in [2.45, 2.75) is 37.8 Å². The fourth-order valence-corrected chi connectivity index (χ4v) is 1.67. The van der Waals surface area contributed by atoms with E-state index in [4.69, 9.17) is 5.26 Å². The van der Waals surface area contributed by atoms with Gasteiger partial charge in [0.05, 0.1) is 12.2 Å². The Labute approximate surface area is 93.6 Å². The van der Waals surface area contributed by atoms with Gasteiger partial charge in [0.1, 0.15) is 6.54 Å². The van der Waals surface area contributed by atoms with E-state index in [1.807, 2.05) is 0 Å². The fraction of sp³-hybridized carbons (Fsp3) is 0.700. The lowest BCUT2D eigenvalue weighted by Gasteiger charge is -2.25. The number of nitriles is 1. The van der Waals surface area contributed by atoms with E-state index in [1.54, 1.807) is 6.07 Å². The molecule has 1 aliphatic rings. The normalized spacial score (nSPS) is 24.2. The quantitative estimate of drug-likeness (QED) is 0.416. The minimum absolute atomic E-state index is 0.0521. The van der Waals surface area contributed by atoms with Gasteiger partial charge in [-0.2, -0.15) is 5.26 Å². The molecule has 0 aliphatic heterocycles. The molecule has 0 radical (unpaired) electrons. The lowest BCUT2D eigenvalue weighted by atomic mass is 9.93. The van der Waals surface area contributed by atoms with Crippen LogP contribution in [0.5, 0.6) is 0 Å². The number of hydrogen-bond acceptors (Lipinski definition) is 4. The van der Waals surface area contributed by atoms with E-state index in [1.165, 1.54) is 0 Å². The second kappa shape index (κ2) is 6.08. The largest absolute Gasteiger partial charge is 0.393 e. The highest BCUT2D eigenvalue weighted by Gasteiger charge is 2.23. The monoisotopic (exact) mass is 225 g/mol. The highest BCUT2D eigenvalue weighted by Crippen LogP contribution is 2.17. The van der Waals surface area contributed by atoms with Crippen LogP contribution in [0.1, 0.15) is 25.7 Å². The van der Waals surface area contributed by atoms with E-state index < -0.39 is 11.8 Å². The van der Waals surface area contributed by atoms with Crippen LogP contribution >= 0.6 is 0 Å². The van der Waals surface area contributed by atoms with Crippen LogP contribution in [0.25, 0.3) is 0 Å². The lowest BCUT2D eigenvalue weighted by Crippen LogP contribution is -2.46. The van der Waals surface area contributed by atoms with Crippen LogP contribution in [0.2, 0.25) is 0 Å². The number of aliphatic hydroxyl groups is 1. The second-order valence-electron chi connectivity index (χ2n) is 3.82. The van der Waals surface area contributed by atoms with Crippen LogP contribution in [0.3, 0.4) is 0 Å². The van der Waals surface area contributed by atoms with Crippen molar-refractivity contribution in [3.05, 3.63) is 0 Å². The highest BCUT2D eigenvalue weighted by atomic mass is 16.3. The number of nitrogens with one attached hydrogen (secondary N) is 2. The molecule has 1 rings (SSSR count). The van der Waals surface area contributed by atoms with E-state index in [-0.39, 0.29) is 18.7 Å². The van der Waals surface area contributed by atoms with Gasteiger partial charge in [0.2, 0.25) is 0 Å². The Morgan fingerprint density at radius 3 is 2.44 bits per heavy atom. The third-order valence-corrected chi connectivity index (χ3v) is 2.57. The first-order valence-corrected chi connectivity index (χ1v) is 5.27. The van der Waals surface area contributed by atoms with Crippen molar-refractivity contribution >= 4 is 11.8 Å². The molecule has 0 unspecified atom stereocenters. The molecular formula is C10H15N3O3. The molecule has 88 valence electrons. The van der Waals surface area contributed by atoms with Crippen molar-refractivity contribution in [1.82, 2.24) is 10.6 Å². The Balaban J connectivity index is 2.29. The zero-order valence-electron chi connectivity index (χ0n) is 8.90. The maximum Gasteiger partial charge on any atom is 0.310 e. The van der Waals surface area contributed by atoms with Crippen LogP contribution in [0.4, 0.5) is 0 Å². The van der Waals surface area contributed by atoms with Crippen molar-refractivity contribution in [1.29, 1.82) is 5.26 Å². The summed E-state index contributed by atoms with van der Waals surface area (Å²) in [5.41, 5.74) is 0. The second-order valence-corrected chi connectivity index (χ2v) is 3.82. The summed E-state index contributed by atoms with van der Waals surface area (Å²) >= 11 is 0. The predicted molar refractivity (Wildman–Crippen MR) is 55.0 cm³/mol. The number of nitrogens with zero attached hydrogens (tertiary/aromatic N) is 1. The summed E-state index contributed by atoms with van der Waals surface area (Å²) in [4.78, 5) is 22.4. The van der Waals surface area contributed by atoms with Crippen LogP contribution in [-0.2, 0) is 9.59 Å². The van der Waals surface area contributed by atoms with Gasteiger partial charge < -0.3 is 15.7 Å². The summed E-state index contributed by atoms with van der Waals surface area (Å²) in [6.45, 7) is -0.171.